The zero-order chi connectivity index (χ0) is 9.30. The summed E-state index contributed by atoms with van der Waals surface area (Å²) >= 11 is 0. The number of rotatable bonds is 3. The Labute approximate surface area is 69.6 Å². The Morgan fingerprint density at radius 3 is 2.33 bits per heavy atom. The van der Waals surface area contributed by atoms with Crippen molar-refractivity contribution < 1.29 is 19.8 Å². The van der Waals surface area contributed by atoms with E-state index in [0.29, 0.717) is 13.0 Å². The van der Waals surface area contributed by atoms with E-state index in [1.165, 1.54) is 11.8 Å². The topological polar surface area (TPSA) is 77.8 Å². The van der Waals surface area contributed by atoms with Crippen LogP contribution in [0.25, 0.3) is 0 Å². The number of hydrogen-bond donors (Lipinski definition) is 2. The van der Waals surface area contributed by atoms with Gasteiger partial charge in [-0.05, 0) is 6.92 Å². The lowest BCUT2D eigenvalue weighted by molar-refractivity contribution is -0.161. The first-order valence-corrected chi connectivity index (χ1v) is 3.74. The summed E-state index contributed by atoms with van der Waals surface area (Å²) in [6, 6.07) is -1.08. The molecule has 2 unspecified atom stereocenters. The summed E-state index contributed by atoms with van der Waals surface area (Å²) in [5.41, 5.74) is 0. The van der Waals surface area contributed by atoms with E-state index in [2.05, 4.69) is 0 Å². The van der Waals surface area contributed by atoms with Crippen LogP contribution in [0.15, 0.2) is 0 Å². The van der Waals surface area contributed by atoms with Gasteiger partial charge in [0.1, 0.15) is 0 Å². The predicted octanol–water partition coefficient (Wildman–Crippen LogP) is -0.947. The fourth-order valence-electron chi connectivity index (χ4n) is 1.23. The summed E-state index contributed by atoms with van der Waals surface area (Å²) in [5.74, 6) is -1.36. The molecule has 0 aromatic rings. The molecule has 0 radical (unpaired) electrons. The lowest BCUT2D eigenvalue weighted by atomic mass is 10.1. The minimum atomic E-state index is -1.15. The molecule has 1 aliphatic heterocycles. The molecule has 0 aromatic heterocycles. The van der Waals surface area contributed by atoms with E-state index in [0.717, 1.165) is 0 Å². The highest BCUT2D eigenvalue weighted by atomic mass is 16.4. The third-order valence-electron chi connectivity index (χ3n) is 1.93. The van der Waals surface area contributed by atoms with E-state index in [-0.39, 0.29) is 5.91 Å². The number of β-lactam (4-membered cyclic amide) rings is 1. The molecule has 0 saturated carbocycles. The highest BCUT2D eigenvalue weighted by Crippen LogP contribution is 2.15. The highest BCUT2D eigenvalue weighted by Gasteiger charge is 2.38. The Kier molecular flexibility index (Phi) is 2.32. The first-order chi connectivity index (χ1) is 5.54. The number of nitrogens with zero attached hydrogens (tertiary/aromatic N) is 1. The minimum absolute atomic E-state index is 0.205. The van der Waals surface area contributed by atoms with Gasteiger partial charge in [-0.3, -0.25) is 4.79 Å². The molecular formula is C7H11NO4. The molecule has 0 spiro atoms. The van der Waals surface area contributed by atoms with Crippen LogP contribution in [0, 0.1) is 0 Å². The summed E-state index contributed by atoms with van der Waals surface area (Å²) in [7, 11) is 0. The maximum atomic E-state index is 10.8. The number of carboxylic acid groups (broad SMARTS) is 1. The molecule has 5 nitrogen and oxygen atoms in total. The summed E-state index contributed by atoms with van der Waals surface area (Å²) in [5, 5.41) is 17.7. The molecule has 0 bridgehead atoms. The molecule has 1 fully saturated rings. The Bertz CT molecular complexity index is 213. The van der Waals surface area contributed by atoms with Gasteiger partial charge < -0.3 is 15.1 Å². The average molecular weight is 173 g/mol. The van der Waals surface area contributed by atoms with Crippen molar-refractivity contribution in [2.45, 2.75) is 25.5 Å². The third-order valence-corrected chi connectivity index (χ3v) is 1.93. The average Bonchev–Trinajstić information content (AvgIpc) is 1.95. The molecule has 2 N–H and O–H groups in total. The lowest BCUT2D eigenvalue weighted by Gasteiger charge is -2.36. The number of carboxylic acids is 1. The van der Waals surface area contributed by atoms with Crippen LogP contribution in [0.1, 0.15) is 13.3 Å². The second-order valence-electron chi connectivity index (χ2n) is 2.86. The summed E-state index contributed by atoms with van der Waals surface area (Å²) in [6.07, 6.45) is -0.636. The van der Waals surface area contributed by atoms with Gasteiger partial charge in [-0.25, -0.2) is 4.79 Å². The van der Waals surface area contributed by atoms with Crippen molar-refractivity contribution in [3.63, 3.8) is 0 Å². The predicted molar refractivity (Wildman–Crippen MR) is 39.4 cm³/mol. The van der Waals surface area contributed by atoms with Gasteiger partial charge in [-0.1, -0.05) is 0 Å². The van der Waals surface area contributed by atoms with Crippen LogP contribution in [0.5, 0.6) is 0 Å². The Hall–Kier alpha value is -1.10. The van der Waals surface area contributed by atoms with Crippen molar-refractivity contribution >= 4 is 11.9 Å². The molecule has 1 saturated heterocycles. The molecule has 1 amide bonds. The van der Waals surface area contributed by atoms with Crippen molar-refractivity contribution in [2.24, 2.45) is 0 Å². The maximum absolute atomic E-state index is 10.8. The van der Waals surface area contributed by atoms with Gasteiger partial charge in [0, 0.05) is 13.0 Å². The number of carbonyl (C=O) groups excluding carboxylic acids is 1. The van der Waals surface area contributed by atoms with E-state index < -0.39 is 18.1 Å². The number of carbonyl (C=O) groups is 2. The van der Waals surface area contributed by atoms with Gasteiger partial charge in [-0.15, -0.1) is 0 Å². The zero-order valence-corrected chi connectivity index (χ0v) is 6.73. The highest BCUT2D eigenvalue weighted by molar-refractivity contribution is 5.87. The number of hydrogen-bond acceptors (Lipinski definition) is 3. The Morgan fingerprint density at radius 2 is 2.25 bits per heavy atom. The van der Waals surface area contributed by atoms with Crippen LogP contribution in [0.2, 0.25) is 0 Å². The van der Waals surface area contributed by atoms with Gasteiger partial charge in [-0.2, -0.15) is 0 Å². The van der Waals surface area contributed by atoms with E-state index >= 15 is 0 Å². The number of aliphatic hydroxyl groups is 1. The van der Waals surface area contributed by atoms with Crippen LogP contribution < -0.4 is 0 Å². The van der Waals surface area contributed by atoms with Crippen LogP contribution in [0.3, 0.4) is 0 Å². The fraction of sp³-hybridized carbons (Fsp3) is 0.714. The molecule has 12 heavy (non-hydrogen) atoms. The van der Waals surface area contributed by atoms with E-state index in [9.17, 15) is 9.59 Å². The molecule has 0 aromatic carbocycles. The molecule has 2 atom stereocenters. The van der Waals surface area contributed by atoms with Gasteiger partial charge in [0.25, 0.3) is 0 Å². The summed E-state index contributed by atoms with van der Waals surface area (Å²) < 4.78 is 0. The second kappa shape index (κ2) is 3.10. The van der Waals surface area contributed by atoms with Crippen molar-refractivity contribution in [1.29, 1.82) is 0 Å². The van der Waals surface area contributed by atoms with Crippen LogP contribution >= 0.6 is 0 Å². The van der Waals surface area contributed by atoms with Crippen molar-refractivity contribution in [3.8, 4) is 0 Å². The third kappa shape index (κ3) is 1.40. The molecule has 0 aliphatic carbocycles. The minimum Gasteiger partial charge on any atom is -0.480 e. The maximum Gasteiger partial charge on any atom is 0.329 e. The summed E-state index contributed by atoms with van der Waals surface area (Å²) in [6.45, 7) is 1.80. The normalized spacial score (nSPS) is 21.5. The Morgan fingerprint density at radius 1 is 1.67 bits per heavy atom. The van der Waals surface area contributed by atoms with Crippen molar-refractivity contribution in [1.82, 2.24) is 4.90 Å². The summed E-state index contributed by atoms with van der Waals surface area (Å²) in [4.78, 5) is 22.6. The van der Waals surface area contributed by atoms with Gasteiger partial charge in [0.05, 0.1) is 6.10 Å². The fourth-order valence-corrected chi connectivity index (χ4v) is 1.23. The number of aliphatic hydroxyl groups excluding tert-OH is 1. The number of amides is 1. The van der Waals surface area contributed by atoms with Gasteiger partial charge in [0.2, 0.25) is 5.91 Å². The molecule has 1 heterocycles. The first-order valence-electron chi connectivity index (χ1n) is 3.74. The van der Waals surface area contributed by atoms with Gasteiger partial charge in [0.15, 0.2) is 6.04 Å². The van der Waals surface area contributed by atoms with Crippen LogP contribution in [0.4, 0.5) is 0 Å². The SMILES string of the molecule is CC(O)C(C(=O)O)N1CCC1=O. The molecular weight excluding hydrogens is 162 g/mol. The van der Waals surface area contributed by atoms with Crippen LogP contribution in [-0.2, 0) is 9.59 Å². The van der Waals surface area contributed by atoms with Gasteiger partial charge >= 0.3 is 5.97 Å². The smallest absolute Gasteiger partial charge is 0.329 e. The lowest BCUT2D eigenvalue weighted by Crippen LogP contribution is -2.57. The largest absolute Gasteiger partial charge is 0.480 e. The quantitative estimate of drug-likeness (QED) is 0.539. The van der Waals surface area contributed by atoms with E-state index in [1.807, 2.05) is 0 Å². The van der Waals surface area contributed by atoms with E-state index in [1.54, 1.807) is 0 Å². The molecule has 68 valence electrons. The van der Waals surface area contributed by atoms with Crippen molar-refractivity contribution in [3.05, 3.63) is 0 Å². The second-order valence-corrected chi connectivity index (χ2v) is 2.86. The molecule has 1 rings (SSSR count). The van der Waals surface area contributed by atoms with Crippen molar-refractivity contribution in [2.75, 3.05) is 6.54 Å². The number of aliphatic carboxylic acids is 1. The molecule has 5 heteroatoms. The Balaban J connectivity index is 2.66. The van der Waals surface area contributed by atoms with Crippen LogP contribution in [-0.4, -0.2) is 45.7 Å². The zero-order valence-electron chi connectivity index (χ0n) is 6.73. The number of likely N-dealkylation sites (tertiary alicyclic amines) is 1. The molecule has 1 aliphatic rings. The monoisotopic (exact) mass is 173 g/mol. The van der Waals surface area contributed by atoms with E-state index in [4.69, 9.17) is 10.2 Å². The standard InChI is InChI=1S/C7H11NO4/c1-4(9)6(7(11)12)8-3-2-5(8)10/h4,6,9H,2-3H2,1H3,(H,11,12). The first kappa shape index (κ1) is 8.99.